The summed E-state index contributed by atoms with van der Waals surface area (Å²) in [4.78, 5) is 9.20. The lowest BCUT2D eigenvalue weighted by Crippen LogP contribution is -2.52. The number of hydrogen-bond acceptors (Lipinski definition) is 5. The second-order valence-electron chi connectivity index (χ2n) is 7.19. The minimum absolute atomic E-state index is 0.482. The summed E-state index contributed by atoms with van der Waals surface area (Å²) < 4.78 is 10.2. The van der Waals surface area contributed by atoms with Gasteiger partial charge < -0.3 is 19.5 Å². The molecule has 1 aromatic heterocycles. The summed E-state index contributed by atoms with van der Waals surface area (Å²) in [5.41, 5.74) is 2.32. The molecule has 1 saturated heterocycles. The summed E-state index contributed by atoms with van der Waals surface area (Å²) in [6.07, 6.45) is 2.68. The van der Waals surface area contributed by atoms with Crippen molar-refractivity contribution in [3.8, 4) is 5.75 Å². The van der Waals surface area contributed by atoms with E-state index in [9.17, 15) is 0 Å². The largest absolute Gasteiger partial charge is 0.497 e. The van der Waals surface area contributed by atoms with Crippen LogP contribution in [0, 0.1) is 0 Å². The van der Waals surface area contributed by atoms with Crippen molar-refractivity contribution in [2.75, 3.05) is 46.9 Å². The number of benzene rings is 1. The van der Waals surface area contributed by atoms with Crippen molar-refractivity contribution < 1.29 is 9.26 Å². The fourth-order valence-corrected chi connectivity index (χ4v) is 3.50. The summed E-state index contributed by atoms with van der Waals surface area (Å²) in [5, 5.41) is 7.53. The average molecular weight is 386 g/mol. The maximum absolute atomic E-state index is 5.23. The molecule has 7 nitrogen and oxygen atoms in total. The van der Waals surface area contributed by atoms with Crippen molar-refractivity contribution in [2.24, 2.45) is 4.99 Å². The summed E-state index contributed by atoms with van der Waals surface area (Å²) >= 11 is 0. The van der Waals surface area contributed by atoms with Gasteiger partial charge in [0.05, 0.1) is 12.8 Å². The quantitative estimate of drug-likeness (QED) is 0.584. The summed E-state index contributed by atoms with van der Waals surface area (Å²) in [7, 11) is 3.55. The summed E-state index contributed by atoms with van der Waals surface area (Å²) in [5.74, 6) is 2.37. The second-order valence-corrected chi connectivity index (χ2v) is 7.19. The lowest BCUT2D eigenvalue weighted by Gasteiger charge is -2.36. The van der Waals surface area contributed by atoms with E-state index in [4.69, 9.17) is 9.26 Å². The molecule has 0 bridgehead atoms. The van der Waals surface area contributed by atoms with Crippen LogP contribution in [-0.4, -0.2) is 67.8 Å². The molecule has 1 N–H and O–H groups in total. The number of guanidine groups is 1. The number of aliphatic imine (C=N–C) groups is 1. The number of piperazine rings is 1. The van der Waals surface area contributed by atoms with Crippen molar-refractivity contribution in [2.45, 2.75) is 25.8 Å². The first-order valence-electron chi connectivity index (χ1n) is 9.90. The van der Waals surface area contributed by atoms with Crippen molar-refractivity contribution in [1.29, 1.82) is 0 Å². The Labute approximate surface area is 167 Å². The van der Waals surface area contributed by atoms with Crippen LogP contribution in [0.25, 0.3) is 0 Å². The van der Waals surface area contributed by atoms with Crippen molar-refractivity contribution in [1.82, 2.24) is 20.3 Å². The van der Waals surface area contributed by atoms with Gasteiger partial charge >= 0.3 is 0 Å². The van der Waals surface area contributed by atoms with Crippen LogP contribution in [-0.2, 0) is 6.54 Å². The van der Waals surface area contributed by atoms with Gasteiger partial charge in [-0.3, -0.25) is 9.89 Å². The Bertz CT molecular complexity index is 722. The van der Waals surface area contributed by atoms with E-state index in [2.05, 4.69) is 44.3 Å². The van der Waals surface area contributed by atoms with E-state index in [1.807, 2.05) is 25.2 Å². The zero-order valence-corrected chi connectivity index (χ0v) is 17.1. The first-order valence-corrected chi connectivity index (χ1v) is 9.90. The maximum atomic E-state index is 5.23. The van der Waals surface area contributed by atoms with Gasteiger partial charge in [0, 0.05) is 52.4 Å². The first-order chi connectivity index (χ1) is 13.7. The van der Waals surface area contributed by atoms with E-state index >= 15 is 0 Å². The third kappa shape index (κ3) is 5.48. The van der Waals surface area contributed by atoms with Gasteiger partial charge in [0.25, 0.3) is 0 Å². The molecule has 3 rings (SSSR count). The minimum atomic E-state index is 0.482. The van der Waals surface area contributed by atoms with Gasteiger partial charge in [0.1, 0.15) is 12.0 Å². The molecule has 0 aliphatic carbocycles. The molecule has 1 fully saturated rings. The predicted molar refractivity (Wildman–Crippen MR) is 111 cm³/mol. The van der Waals surface area contributed by atoms with Crippen LogP contribution in [0.5, 0.6) is 5.75 Å². The van der Waals surface area contributed by atoms with Crippen LogP contribution in [0.1, 0.15) is 30.5 Å². The second kappa shape index (κ2) is 10.1. The third-order valence-corrected chi connectivity index (χ3v) is 5.31. The minimum Gasteiger partial charge on any atom is -0.497 e. The van der Waals surface area contributed by atoms with Crippen LogP contribution in [0.2, 0.25) is 0 Å². The monoisotopic (exact) mass is 385 g/mol. The van der Waals surface area contributed by atoms with E-state index in [0.717, 1.165) is 63.1 Å². The SMILES string of the molecule is CN=C(NCCC(C)c1ccc(OC)cc1)N1CCN(Cc2ccon2)CC1. The van der Waals surface area contributed by atoms with Gasteiger partial charge in [0.2, 0.25) is 0 Å². The molecule has 1 atom stereocenters. The molecule has 2 heterocycles. The van der Waals surface area contributed by atoms with Gasteiger partial charge in [-0.15, -0.1) is 0 Å². The average Bonchev–Trinajstić information content (AvgIpc) is 3.25. The normalized spacial score (nSPS) is 16.8. The Hall–Kier alpha value is -2.54. The highest BCUT2D eigenvalue weighted by atomic mass is 16.5. The number of methoxy groups -OCH3 is 1. The molecule has 1 aliphatic rings. The number of aromatic nitrogens is 1. The Morgan fingerprint density at radius 1 is 1.21 bits per heavy atom. The van der Waals surface area contributed by atoms with Gasteiger partial charge in [-0.05, 0) is 30.0 Å². The molecule has 0 amide bonds. The van der Waals surface area contributed by atoms with Crippen LogP contribution in [0.15, 0.2) is 46.1 Å². The van der Waals surface area contributed by atoms with Gasteiger partial charge in [-0.25, -0.2) is 0 Å². The molecule has 1 aliphatic heterocycles. The van der Waals surface area contributed by atoms with Gasteiger partial charge in [0.15, 0.2) is 5.96 Å². The topological polar surface area (TPSA) is 66.1 Å². The highest BCUT2D eigenvalue weighted by molar-refractivity contribution is 5.80. The Balaban J connectivity index is 1.40. The molecule has 1 unspecified atom stereocenters. The van der Waals surface area contributed by atoms with Crippen LogP contribution in [0.4, 0.5) is 0 Å². The van der Waals surface area contributed by atoms with Crippen molar-refractivity contribution in [3.63, 3.8) is 0 Å². The third-order valence-electron chi connectivity index (χ3n) is 5.31. The molecule has 0 saturated carbocycles. The van der Waals surface area contributed by atoms with Crippen LogP contribution in [0.3, 0.4) is 0 Å². The summed E-state index contributed by atoms with van der Waals surface area (Å²) in [6.45, 7) is 7.92. The van der Waals surface area contributed by atoms with Gasteiger partial charge in [-0.1, -0.05) is 24.2 Å². The smallest absolute Gasteiger partial charge is 0.193 e. The van der Waals surface area contributed by atoms with Crippen molar-refractivity contribution in [3.05, 3.63) is 47.9 Å². The van der Waals surface area contributed by atoms with Crippen LogP contribution >= 0.6 is 0 Å². The fraction of sp³-hybridized carbons (Fsp3) is 0.524. The molecule has 152 valence electrons. The molecular formula is C21H31N5O2. The first kappa shape index (κ1) is 20.2. The molecular weight excluding hydrogens is 354 g/mol. The highest BCUT2D eigenvalue weighted by Gasteiger charge is 2.20. The van der Waals surface area contributed by atoms with E-state index in [0.29, 0.717) is 5.92 Å². The molecule has 28 heavy (non-hydrogen) atoms. The van der Waals surface area contributed by atoms with Crippen LogP contribution < -0.4 is 10.1 Å². The Kier molecular flexibility index (Phi) is 7.31. The number of hydrogen-bond donors (Lipinski definition) is 1. The predicted octanol–water partition coefficient (Wildman–Crippen LogP) is 2.57. The molecule has 0 radical (unpaired) electrons. The van der Waals surface area contributed by atoms with E-state index in [-0.39, 0.29) is 0 Å². The molecule has 1 aromatic carbocycles. The lowest BCUT2D eigenvalue weighted by molar-refractivity contribution is 0.169. The maximum Gasteiger partial charge on any atom is 0.193 e. The van der Waals surface area contributed by atoms with E-state index < -0.39 is 0 Å². The number of ether oxygens (including phenoxy) is 1. The van der Waals surface area contributed by atoms with Crippen molar-refractivity contribution >= 4 is 5.96 Å². The standard InChI is InChI=1S/C21H31N5O2/c1-17(18-4-6-20(27-3)7-5-18)8-10-23-21(22-2)26-13-11-25(12-14-26)16-19-9-15-28-24-19/h4-7,9,15,17H,8,10-14,16H2,1-3H3,(H,22,23). The van der Waals surface area contributed by atoms with E-state index in [1.54, 1.807) is 13.4 Å². The van der Waals surface area contributed by atoms with E-state index in [1.165, 1.54) is 5.56 Å². The van der Waals surface area contributed by atoms with Gasteiger partial charge in [-0.2, -0.15) is 0 Å². The lowest BCUT2D eigenvalue weighted by atomic mass is 9.98. The molecule has 0 spiro atoms. The summed E-state index contributed by atoms with van der Waals surface area (Å²) in [6, 6.07) is 10.3. The molecule has 2 aromatic rings. The Morgan fingerprint density at radius 3 is 2.57 bits per heavy atom. The fourth-order valence-electron chi connectivity index (χ4n) is 3.50. The number of nitrogens with zero attached hydrogens (tertiary/aromatic N) is 4. The highest BCUT2D eigenvalue weighted by Crippen LogP contribution is 2.21. The number of rotatable bonds is 7. The zero-order chi connectivity index (χ0) is 19.8. The molecule has 7 heteroatoms. The number of nitrogens with one attached hydrogen (secondary N) is 1. The zero-order valence-electron chi connectivity index (χ0n) is 17.1. The Morgan fingerprint density at radius 2 is 1.96 bits per heavy atom.